The van der Waals surface area contributed by atoms with E-state index >= 15 is 0 Å². The molecule has 2 aromatic heterocycles. The Morgan fingerprint density at radius 1 is 0.673 bits per heavy atom. The summed E-state index contributed by atoms with van der Waals surface area (Å²) in [4.78, 5) is 22.3. The minimum Gasteiger partial charge on any atom is -0.542 e. The minimum absolute atomic E-state index is 0.894. The number of para-hydroxylation sites is 2. The first-order valence-electron chi connectivity index (χ1n) is 18.0. The predicted molar refractivity (Wildman–Crippen MR) is 200 cm³/mol. The largest absolute Gasteiger partial charge is 0.542 e. The van der Waals surface area contributed by atoms with Crippen LogP contribution in [0, 0.1) is 13.8 Å². The van der Waals surface area contributed by atoms with Gasteiger partial charge in [0.2, 0.25) is 5.52 Å². The van der Waals surface area contributed by atoms with Gasteiger partial charge in [0.15, 0.2) is 12.2 Å². The summed E-state index contributed by atoms with van der Waals surface area (Å²) in [5, 5.41) is 25.8. The lowest BCUT2D eigenvalue weighted by Gasteiger charge is -2.12. The maximum Gasteiger partial charge on any atom is 0.490 e. The van der Waals surface area contributed by atoms with Gasteiger partial charge < -0.3 is 25.6 Å². The Bertz CT molecular complexity index is 1950. The monoisotopic (exact) mass is 772 g/mol. The van der Waals surface area contributed by atoms with Crippen molar-refractivity contribution in [1.82, 2.24) is 4.98 Å². The van der Waals surface area contributed by atoms with E-state index in [1.807, 2.05) is 0 Å². The first-order valence-corrected chi connectivity index (χ1v) is 18.0. The average molecular weight is 773 g/mol. The fourth-order valence-corrected chi connectivity index (χ4v) is 5.82. The van der Waals surface area contributed by atoms with Crippen molar-refractivity contribution in [1.29, 1.82) is 0 Å². The Labute approximate surface area is 316 Å². The van der Waals surface area contributed by atoms with Crippen LogP contribution in [-0.4, -0.2) is 47.5 Å². The molecule has 0 fully saturated rings. The Morgan fingerprint density at radius 3 is 1.65 bits per heavy atom. The SMILES string of the molecule is Cc1cc(NCCCCCCCCCCNc2cc(C)[n+](Cc3ccccc3)c3ccccc23)c2ccccc2n1.O=C(O)C(F)(F)F.O=C([O-])C(F)(F)F. The highest BCUT2D eigenvalue weighted by atomic mass is 19.4. The molecule has 8 nitrogen and oxygen atoms in total. The summed E-state index contributed by atoms with van der Waals surface area (Å²) >= 11 is 0. The van der Waals surface area contributed by atoms with E-state index in [0.29, 0.717) is 0 Å². The number of carboxylic acids is 2. The summed E-state index contributed by atoms with van der Waals surface area (Å²) in [6.45, 7) is 7.24. The number of aryl methyl sites for hydroxylation is 2. The molecule has 0 aliphatic rings. The van der Waals surface area contributed by atoms with Gasteiger partial charge >= 0.3 is 18.3 Å². The molecule has 14 heteroatoms. The highest BCUT2D eigenvalue weighted by molar-refractivity contribution is 5.91. The third-order valence-corrected chi connectivity index (χ3v) is 8.50. The Morgan fingerprint density at radius 2 is 1.13 bits per heavy atom. The molecule has 296 valence electrons. The third-order valence-electron chi connectivity index (χ3n) is 8.50. The van der Waals surface area contributed by atoms with Gasteiger partial charge in [0.05, 0.1) is 16.6 Å². The summed E-state index contributed by atoms with van der Waals surface area (Å²) in [5.41, 5.74) is 8.52. The van der Waals surface area contributed by atoms with Crippen molar-refractivity contribution >= 4 is 45.1 Å². The molecule has 0 radical (unpaired) electrons. The van der Waals surface area contributed by atoms with E-state index in [1.54, 1.807) is 0 Å². The van der Waals surface area contributed by atoms with E-state index in [9.17, 15) is 26.3 Å². The number of anilines is 2. The standard InChI is InChI=1S/C37H44N4.2C2HF3O2/c1-29-26-35(32-20-12-14-22-34(32)40-29)38-24-16-7-5-3-4-6-8-17-25-39-36-27-30(2)41(28-31-18-10-9-11-19-31)37-23-15-13-21-33(36)37;2*3-2(4,5)1(6)7/h9-15,18-23,26-27H,3-8,16-17,24-25,28H2,1-2H3,(H,38,40);2*(H,6,7). The quantitative estimate of drug-likeness (QED) is 0.0553. The number of alkyl halides is 6. The van der Waals surface area contributed by atoms with Crippen LogP contribution in [0.2, 0.25) is 0 Å². The molecule has 0 saturated carbocycles. The number of carbonyl (C=O) groups excluding carboxylic acids is 1. The van der Waals surface area contributed by atoms with E-state index in [4.69, 9.17) is 19.8 Å². The van der Waals surface area contributed by atoms with Gasteiger partial charge in [-0.05, 0) is 38.0 Å². The number of carbonyl (C=O) groups is 2. The van der Waals surface area contributed by atoms with Gasteiger partial charge in [-0.3, -0.25) is 4.98 Å². The van der Waals surface area contributed by atoms with Crippen LogP contribution in [0.15, 0.2) is 91.0 Å². The lowest BCUT2D eigenvalue weighted by Crippen LogP contribution is -2.38. The number of pyridine rings is 2. The highest BCUT2D eigenvalue weighted by Gasteiger charge is 2.38. The summed E-state index contributed by atoms with van der Waals surface area (Å²) in [6, 6.07) is 32.4. The number of nitrogens with one attached hydrogen (secondary N) is 2. The number of unbranched alkanes of at least 4 members (excludes halogenated alkanes) is 7. The number of aliphatic carboxylic acids is 2. The van der Waals surface area contributed by atoms with Gasteiger partial charge in [0, 0.05) is 54.5 Å². The maximum atomic E-state index is 10.6. The molecular formula is C41H46F6N4O4. The first-order chi connectivity index (χ1) is 26.1. The second kappa shape index (κ2) is 21.5. The molecule has 0 bridgehead atoms. The molecule has 55 heavy (non-hydrogen) atoms. The van der Waals surface area contributed by atoms with E-state index in [0.717, 1.165) is 30.8 Å². The number of nitrogens with zero attached hydrogens (tertiary/aromatic N) is 2. The van der Waals surface area contributed by atoms with Gasteiger partial charge in [-0.15, -0.1) is 0 Å². The number of rotatable bonds is 15. The van der Waals surface area contributed by atoms with Gasteiger partial charge in [0.25, 0.3) is 0 Å². The van der Waals surface area contributed by atoms with E-state index in [1.165, 1.54) is 90.3 Å². The van der Waals surface area contributed by atoms with Crippen LogP contribution in [0.25, 0.3) is 21.8 Å². The smallest absolute Gasteiger partial charge is 0.490 e. The molecule has 0 amide bonds. The van der Waals surface area contributed by atoms with Crippen LogP contribution >= 0.6 is 0 Å². The molecule has 5 aromatic rings. The van der Waals surface area contributed by atoms with Crippen LogP contribution in [-0.2, 0) is 16.1 Å². The molecule has 0 unspecified atom stereocenters. The van der Waals surface area contributed by atoms with Gasteiger partial charge in [-0.1, -0.05) is 99.2 Å². The average Bonchev–Trinajstić information content (AvgIpc) is 3.13. The number of carboxylic acid groups (broad SMARTS) is 2. The van der Waals surface area contributed by atoms with Crippen molar-refractivity contribution < 1.29 is 50.7 Å². The third kappa shape index (κ3) is 15.1. The molecule has 0 aliphatic heterocycles. The second-order valence-electron chi connectivity index (χ2n) is 12.9. The van der Waals surface area contributed by atoms with Crippen molar-refractivity contribution in [2.45, 2.75) is 84.1 Å². The molecule has 3 N–H and O–H groups in total. The van der Waals surface area contributed by atoms with Crippen LogP contribution in [0.3, 0.4) is 0 Å². The maximum absolute atomic E-state index is 10.6. The lowest BCUT2D eigenvalue weighted by atomic mass is 10.1. The Kier molecular flexibility index (Phi) is 17.2. The predicted octanol–water partition coefficient (Wildman–Crippen LogP) is 8.92. The van der Waals surface area contributed by atoms with Crippen molar-refractivity contribution in [2.75, 3.05) is 23.7 Å². The van der Waals surface area contributed by atoms with E-state index in [-0.39, 0.29) is 0 Å². The molecule has 0 saturated heterocycles. The van der Waals surface area contributed by atoms with Crippen LogP contribution in [0.1, 0.15) is 68.3 Å². The molecule has 0 aliphatic carbocycles. The topological polar surface area (TPSA) is 118 Å². The number of hydrogen-bond acceptors (Lipinski definition) is 6. The van der Waals surface area contributed by atoms with Crippen molar-refractivity contribution in [2.24, 2.45) is 0 Å². The molecule has 0 atom stereocenters. The number of halogens is 6. The molecule has 5 rings (SSSR count). The number of aromatic nitrogens is 2. The van der Waals surface area contributed by atoms with Crippen molar-refractivity contribution in [3.05, 3.63) is 108 Å². The zero-order valence-electron chi connectivity index (χ0n) is 30.8. The molecular weight excluding hydrogens is 726 g/mol. The first kappa shape index (κ1) is 44.0. The number of fused-ring (bicyclic) bond motifs is 2. The summed E-state index contributed by atoms with van der Waals surface area (Å²) < 4.78 is 65.7. The number of benzene rings is 3. The number of hydrogen-bond donors (Lipinski definition) is 3. The van der Waals surface area contributed by atoms with E-state index in [2.05, 4.69) is 125 Å². The summed E-state index contributed by atoms with van der Waals surface area (Å²) in [6.07, 6.45) is 0.0816. The van der Waals surface area contributed by atoms with Gasteiger partial charge in [-0.2, -0.15) is 30.9 Å². The lowest BCUT2D eigenvalue weighted by molar-refractivity contribution is -0.668. The van der Waals surface area contributed by atoms with Crippen molar-refractivity contribution in [3.8, 4) is 0 Å². The molecule has 2 heterocycles. The second-order valence-corrected chi connectivity index (χ2v) is 12.9. The van der Waals surface area contributed by atoms with Crippen LogP contribution in [0.4, 0.5) is 37.7 Å². The zero-order chi connectivity index (χ0) is 40.4. The summed E-state index contributed by atoms with van der Waals surface area (Å²) in [7, 11) is 0. The highest BCUT2D eigenvalue weighted by Crippen LogP contribution is 2.24. The molecule has 3 aromatic carbocycles. The minimum atomic E-state index is -5.19. The van der Waals surface area contributed by atoms with Crippen LogP contribution < -0.4 is 20.3 Å². The fraction of sp³-hybridized carbons (Fsp3) is 0.366. The van der Waals surface area contributed by atoms with E-state index < -0.39 is 24.3 Å². The summed E-state index contributed by atoms with van der Waals surface area (Å²) in [5.74, 6) is -5.76. The molecule has 0 spiro atoms. The fourth-order valence-electron chi connectivity index (χ4n) is 5.82. The Hall–Kier alpha value is -5.40. The van der Waals surface area contributed by atoms with Crippen LogP contribution in [0.5, 0.6) is 0 Å². The zero-order valence-corrected chi connectivity index (χ0v) is 30.8. The Balaban J connectivity index is 0.000000494. The van der Waals surface area contributed by atoms with Crippen molar-refractivity contribution in [3.63, 3.8) is 0 Å². The van der Waals surface area contributed by atoms with Gasteiger partial charge in [-0.25, -0.2) is 4.79 Å². The normalized spacial score (nSPS) is 11.3. The van der Waals surface area contributed by atoms with Gasteiger partial charge in [0.1, 0.15) is 5.97 Å².